The molecule has 0 saturated heterocycles. The molecule has 0 bridgehead atoms. The van der Waals surface area contributed by atoms with Crippen LogP contribution in [0.25, 0.3) is 0 Å². The maximum atomic E-state index is 12.4. The lowest BCUT2D eigenvalue weighted by Crippen LogP contribution is -2.38. The molecule has 0 saturated carbocycles. The molecule has 0 radical (unpaired) electrons. The predicted octanol–water partition coefficient (Wildman–Crippen LogP) is 3.41. The van der Waals surface area contributed by atoms with Crippen LogP contribution in [-0.2, 0) is 25.8 Å². The molecule has 1 aliphatic carbocycles. The number of hydrogen-bond donors (Lipinski definition) is 1. The second kappa shape index (κ2) is 7.68. The molecule has 25 heavy (non-hydrogen) atoms. The van der Waals surface area contributed by atoms with Gasteiger partial charge >= 0.3 is 6.03 Å². The Bertz CT molecular complexity index is 741. The van der Waals surface area contributed by atoms with Crippen LogP contribution in [0.4, 0.5) is 4.79 Å². The second-order valence-electron chi connectivity index (χ2n) is 6.72. The van der Waals surface area contributed by atoms with Crippen molar-refractivity contribution in [3.05, 3.63) is 46.6 Å². The van der Waals surface area contributed by atoms with E-state index in [0.717, 1.165) is 18.4 Å². The Labute approximate surface area is 148 Å². The molecule has 1 aromatic heterocycles. The molecule has 2 amide bonds. The van der Waals surface area contributed by atoms with Crippen LogP contribution in [0.5, 0.6) is 0 Å². The monoisotopic (exact) mass is 342 g/mol. The standard InChI is InChI=1S/C19H26N4O2/c1-4-17-21-18(25-22-17)12-23(3)19(24)20-13(2)15-10-9-14-7-5-6-8-16(14)11-15/h9-11,13H,4-8,12H2,1-3H3,(H,20,24)/t13-/m0/s1. The minimum atomic E-state index is -0.151. The summed E-state index contributed by atoms with van der Waals surface area (Å²) in [6.07, 6.45) is 5.56. The molecule has 1 N–H and O–H groups in total. The normalized spacial score (nSPS) is 14.7. The van der Waals surface area contributed by atoms with Crippen LogP contribution < -0.4 is 5.32 Å². The minimum absolute atomic E-state index is 0.0453. The summed E-state index contributed by atoms with van der Waals surface area (Å²) < 4.78 is 5.15. The van der Waals surface area contributed by atoms with E-state index in [1.54, 1.807) is 11.9 Å². The van der Waals surface area contributed by atoms with Crippen LogP contribution in [0.15, 0.2) is 22.7 Å². The van der Waals surface area contributed by atoms with E-state index in [0.29, 0.717) is 18.3 Å². The number of amides is 2. The predicted molar refractivity (Wildman–Crippen MR) is 95.2 cm³/mol. The highest BCUT2D eigenvalue weighted by Crippen LogP contribution is 2.24. The average Bonchev–Trinajstić information content (AvgIpc) is 3.08. The van der Waals surface area contributed by atoms with Crippen molar-refractivity contribution in [2.45, 2.75) is 58.5 Å². The van der Waals surface area contributed by atoms with Crippen molar-refractivity contribution in [1.82, 2.24) is 20.4 Å². The van der Waals surface area contributed by atoms with E-state index < -0.39 is 0 Å². The number of carbonyl (C=O) groups is 1. The van der Waals surface area contributed by atoms with Crippen LogP contribution in [0.3, 0.4) is 0 Å². The van der Waals surface area contributed by atoms with Crippen LogP contribution >= 0.6 is 0 Å². The Kier molecular flexibility index (Phi) is 5.36. The SMILES string of the molecule is CCc1noc(CN(C)C(=O)N[C@@H](C)c2ccc3c(c2)CCCC3)n1. The Balaban J connectivity index is 1.59. The van der Waals surface area contributed by atoms with Gasteiger partial charge in [0.15, 0.2) is 5.82 Å². The molecule has 6 nitrogen and oxygen atoms in total. The average molecular weight is 342 g/mol. The molecule has 6 heteroatoms. The van der Waals surface area contributed by atoms with Crippen LogP contribution in [0.2, 0.25) is 0 Å². The molecule has 1 aliphatic rings. The van der Waals surface area contributed by atoms with E-state index >= 15 is 0 Å². The lowest BCUT2D eigenvalue weighted by molar-refractivity contribution is 0.196. The smallest absolute Gasteiger partial charge is 0.318 e. The van der Waals surface area contributed by atoms with E-state index in [4.69, 9.17) is 4.52 Å². The number of rotatable bonds is 5. The highest BCUT2D eigenvalue weighted by atomic mass is 16.5. The van der Waals surface area contributed by atoms with E-state index in [1.807, 2.05) is 13.8 Å². The van der Waals surface area contributed by atoms with Gasteiger partial charge in [-0.1, -0.05) is 30.3 Å². The first-order valence-electron chi connectivity index (χ1n) is 9.01. The van der Waals surface area contributed by atoms with E-state index in [2.05, 4.69) is 33.7 Å². The Hall–Kier alpha value is -2.37. The van der Waals surface area contributed by atoms with Crippen molar-refractivity contribution in [3.8, 4) is 0 Å². The first kappa shape index (κ1) is 17.5. The number of benzene rings is 1. The van der Waals surface area contributed by atoms with Crippen molar-refractivity contribution < 1.29 is 9.32 Å². The molecular formula is C19H26N4O2. The van der Waals surface area contributed by atoms with Gasteiger partial charge in [-0.2, -0.15) is 4.98 Å². The van der Waals surface area contributed by atoms with Gasteiger partial charge in [0.2, 0.25) is 5.89 Å². The molecule has 3 rings (SSSR count). The molecular weight excluding hydrogens is 316 g/mol. The fraction of sp³-hybridized carbons (Fsp3) is 0.526. The summed E-state index contributed by atoms with van der Waals surface area (Å²) in [5.74, 6) is 1.11. The van der Waals surface area contributed by atoms with Crippen molar-refractivity contribution in [1.29, 1.82) is 0 Å². The van der Waals surface area contributed by atoms with Gasteiger partial charge in [-0.3, -0.25) is 0 Å². The van der Waals surface area contributed by atoms with Gasteiger partial charge in [0, 0.05) is 13.5 Å². The number of fused-ring (bicyclic) bond motifs is 1. The molecule has 0 spiro atoms. The third-order valence-electron chi connectivity index (χ3n) is 4.76. The van der Waals surface area contributed by atoms with Gasteiger partial charge < -0.3 is 14.7 Å². The Morgan fingerprint density at radius 2 is 2.08 bits per heavy atom. The van der Waals surface area contributed by atoms with Gasteiger partial charge in [0.1, 0.15) is 6.54 Å². The first-order valence-corrected chi connectivity index (χ1v) is 9.01. The fourth-order valence-corrected chi connectivity index (χ4v) is 3.17. The summed E-state index contributed by atoms with van der Waals surface area (Å²) in [5, 5.41) is 6.89. The third kappa shape index (κ3) is 4.18. The highest BCUT2D eigenvalue weighted by Gasteiger charge is 2.17. The van der Waals surface area contributed by atoms with Gasteiger partial charge in [-0.15, -0.1) is 0 Å². The number of nitrogens with one attached hydrogen (secondary N) is 1. The topological polar surface area (TPSA) is 71.3 Å². The van der Waals surface area contributed by atoms with Crippen molar-refractivity contribution in [3.63, 3.8) is 0 Å². The summed E-state index contributed by atoms with van der Waals surface area (Å²) in [7, 11) is 1.73. The molecule has 0 aliphatic heterocycles. The quantitative estimate of drug-likeness (QED) is 0.904. The zero-order valence-corrected chi connectivity index (χ0v) is 15.2. The zero-order chi connectivity index (χ0) is 17.8. The van der Waals surface area contributed by atoms with Crippen LogP contribution in [0, 0.1) is 0 Å². The van der Waals surface area contributed by atoms with Gasteiger partial charge in [-0.25, -0.2) is 4.79 Å². The number of urea groups is 1. The highest BCUT2D eigenvalue weighted by molar-refractivity contribution is 5.74. The summed E-state index contributed by atoms with van der Waals surface area (Å²) in [5.41, 5.74) is 4.03. The molecule has 0 fully saturated rings. The Morgan fingerprint density at radius 3 is 2.80 bits per heavy atom. The molecule has 134 valence electrons. The summed E-state index contributed by atoms with van der Waals surface area (Å²) in [6, 6.07) is 6.38. The van der Waals surface area contributed by atoms with Crippen molar-refractivity contribution in [2.75, 3.05) is 7.05 Å². The zero-order valence-electron chi connectivity index (χ0n) is 15.2. The van der Waals surface area contributed by atoms with Gasteiger partial charge in [0.05, 0.1) is 6.04 Å². The van der Waals surface area contributed by atoms with Gasteiger partial charge in [-0.05, 0) is 49.3 Å². The summed E-state index contributed by atoms with van der Waals surface area (Å²) in [6.45, 7) is 4.28. The lowest BCUT2D eigenvalue weighted by atomic mass is 9.89. The minimum Gasteiger partial charge on any atom is -0.337 e. The molecule has 1 aromatic carbocycles. The summed E-state index contributed by atoms with van der Waals surface area (Å²) in [4.78, 5) is 18.2. The number of nitrogens with zero attached hydrogens (tertiary/aromatic N) is 3. The lowest BCUT2D eigenvalue weighted by Gasteiger charge is -2.22. The van der Waals surface area contributed by atoms with Crippen molar-refractivity contribution in [2.24, 2.45) is 0 Å². The second-order valence-corrected chi connectivity index (χ2v) is 6.72. The van der Waals surface area contributed by atoms with Crippen molar-refractivity contribution >= 4 is 6.03 Å². The van der Waals surface area contributed by atoms with E-state index in [1.165, 1.54) is 30.4 Å². The van der Waals surface area contributed by atoms with Crippen LogP contribution in [0.1, 0.15) is 61.1 Å². The molecule has 0 unspecified atom stereocenters. The first-order chi connectivity index (χ1) is 12.1. The van der Waals surface area contributed by atoms with Crippen LogP contribution in [-0.4, -0.2) is 28.1 Å². The molecule has 2 aromatic rings. The summed E-state index contributed by atoms with van der Waals surface area (Å²) >= 11 is 0. The number of aryl methyl sites for hydroxylation is 3. The van der Waals surface area contributed by atoms with Gasteiger partial charge in [0.25, 0.3) is 0 Å². The third-order valence-corrected chi connectivity index (χ3v) is 4.76. The number of hydrogen-bond acceptors (Lipinski definition) is 4. The molecule has 1 atom stereocenters. The molecule has 1 heterocycles. The van der Waals surface area contributed by atoms with E-state index in [-0.39, 0.29) is 12.1 Å². The fourth-order valence-electron chi connectivity index (χ4n) is 3.17. The maximum absolute atomic E-state index is 12.4. The largest absolute Gasteiger partial charge is 0.337 e. The van der Waals surface area contributed by atoms with E-state index in [9.17, 15) is 4.79 Å². The number of aromatic nitrogens is 2. The maximum Gasteiger partial charge on any atom is 0.318 e. The number of carbonyl (C=O) groups excluding carboxylic acids is 1. The Morgan fingerprint density at radius 1 is 1.32 bits per heavy atom.